The quantitative estimate of drug-likeness (QED) is 0.583. The van der Waals surface area contributed by atoms with Gasteiger partial charge in [-0.15, -0.1) is 10.2 Å². The molecule has 1 aromatic heterocycles. The maximum atomic E-state index is 5.68. The first-order valence-corrected chi connectivity index (χ1v) is 8.54. The third-order valence-corrected chi connectivity index (χ3v) is 3.80. The van der Waals surface area contributed by atoms with Gasteiger partial charge in [0.1, 0.15) is 12.2 Å². The molecule has 8 heteroatoms. The van der Waals surface area contributed by atoms with Crippen LogP contribution >= 0.6 is 0 Å². The Hall–Kier alpha value is -1.22. The minimum Gasteiger partial charge on any atom is -0.371 e. The molecular formula is C16H32N4O4. The summed E-state index contributed by atoms with van der Waals surface area (Å²) in [6.45, 7) is 11.1. The van der Waals surface area contributed by atoms with E-state index in [1.807, 2.05) is 32.4 Å². The average Bonchev–Trinajstić information content (AvgIpc) is 2.99. The highest BCUT2D eigenvalue weighted by Gasteiger charge is 2.26. The lowest BCUT2D eigenvalue weighted by Gasteiger charge is -2.28. The van der Waals surface area contributed by atoms with Crippen LogP contribution in [-0.4, -0.2) is 54.6 Å². The summed E-state index contributed by atoms with van der Waals surface area (Å²) >= 11 is 0. The van der Waals surface area contributed by atoms with Crippen molar-refractivity contribution >= 4 is 0 Å². The van der Waals surface area contributed by atoms with Crippen molar-refractivity contribution in [2.24, 2.45) is 0 Å². The molecule has 0 aliphatic carbocycles. The number of rotatable bonds is 12. The van der Waals surface area contributed by atoms with E-state index in [0.717, 1.165) is 6.42 Å². The summed E-state index contributed by atoms with van der Waals surface area (Å²) in [5.74, 6) is 1.39. The predicted octanol–water partition coefficient (Wildman–Crippen LogP) is 2.41. The molecule has 1 heterocycles. The summed E-state index contributed by atoms with van der Waals surface area (Å²) in [7, 11) is 3.25. The third-order valence-electron chi connectivity index (χ3n) is 3.80. The normalized spacial score (nSPS) is 15.5. The van der Waals surface area contributed by atoms with Gasteiger partial charge in [-0.1, -0.05) is 6.92 Å². The zero-order valence-electron chi connectivity index (χ0n) is 15.9. The standard InChI is InChI=1S/C16H32N4O4/c1-8-13(16(21-6)22-7)19-20-14(11(4)23-9-2)17-18-15(20)12(5)24-10-3/h11-13,16,19H,8-10H2,1-7H3/t11-,12-,13?/m0/s1. The van der Waals surface area contributed by atoms with Gasteiger partial charge in [0.15, 0.2) is 17.9 Å². The topological polar surface area (TPSA) is 79.7 Å². The van der Waals surface area contributed by atoms with Crippen molar-refractivity contribution < 1.29 is 18.9 Å². The van der Waals surface area contributed by atoms with Crippen LogP contribution in [0.25, 0.3) is 0 Å². The molecule has 3 atom stereocenters. The molecule has 24 heavy (non-hydrogen) atoms. The Morgan fingerprint density at radius 1 is 0.917 bits per heavy atom. The van der Waals surface area contributed by atoms with E-state index in [9.17, 15) is 0 Å². The first-order chi connectivity index (χ1) is 11.5. The minimum absolute atomic E-state index is 0.0730. The molecule has 0 aliphatic rings. The van der Waals surface area contributed by atoms with Crippen molar-refractivity contribution in [3.63, 3.8) is 0 Å². The maximum Gasteiger partial charge on any atom is 0.180 e. The molecule has 0 aliphatic heterocycles. The Morgan fingerprint density at radius 2 is 1.38 bits per heavy atom. The number of ether oxygens (including phenoxy) is 4. The molecule has 0 fully saturated rings. The lowest BCUT2D eigenvalue weighted by atomic mass is 10.2. The minimum atomic E-state index is -0.386. The van der Waals surface area contributed by atoms with Gasteiger partial charge in [-0.3, -0.25) is 0 Å². The first-order valence-electron chi connectivity index (χ1n) is 8.54. The third kappa shape index (κ3) is 5.14. The lowest BCUT2D eigenvalue weighted by molar-refractivity contribution is -0.114. The monoisotopic (exact) mass is 344 g/mol. The molecule has 8 nitrogen and oxygen atoms in total. The van der Waals surface area contributed by atoms with Crippen molar-refractivity contribution in [2.75, 3.05) is 32.9 Å². The Kier molecular flexibility index (Phi) is 9.20. The number of nitrogens with zero attached hydrogens (tertiary/aromatic N) is 3. The van der Waals surface area contributed by atoms with E-state index < -0.39 is 0 Å². The number of aromatic nitrogens is 3. The molecule has 140 valence electrons. The number of methoxy groups -OCH3 is 2. The summed E-state index contributed by atoms with van der Waals surface area (Å²) < 4.78 is 24.0. The lowest BCUT2D eigenvalue weighted by Crippen LogP contribution is -2.41. The van der Waals surface area contributed by atoms with Crippen LogP contribution < -0.4 is 5.43 Å². The number of hydrogen-bond acceptors (Lipinski definition) is 7. The van der Waals surface area contributed by atoms with Gasteiger partial charge in [0.25, 0.3) is 0 Å². The molecular weight excluding hydrogens is 312 g/mol. The van der Waals surface area contributed by atoms with Crippen LogP contribution in [0.15, 0.2) is 0 Å². The van der Waals surface area contributed by atoms with Gasteiger partial charge in [-0.25, -0.2) is 4.68 Å². The highest BCUT2D eigenvalue weighted by molar-refractivity contribution is 5.06. The second kappa shape index (κ2) is 10.6. The van der Waals surface area contributed by atoms with E-state index >= 15 is 0 Å². The van der Waals surface area contributed by atoms with Crippen LogP contribution in [0.1, 0.15) is 64.9 Å². The van der Waals surface area contributed by atoms with E-state index in [2.05, 4.69) is 22.5 Å². The second-order valence-corrected chi connectivity index (χ2v) is 5.43. The van der Waals surface area contributed by atoms with Gasteiger partial charge in [-0.2, -0.15) is 0 Å². The SMILES string of the molecule is CCO[C@@H](C)c1nnc([C@H](C)OCC)n1NC(CC)C(OC)OC. The Labute approximate surface area is 144 Å². The molecule has 0 aromatic carbocycles. The number of nitrogens with one attached hydrogen (secondary N) is 1. The first kappa shape index (κ1) is 20.8. The van der Waals surface area contributed by atoms with Crippen molar-refractivity contribution in [2.45, 2.75) is 65.6 Å². The van der Waals surface area contributed by atoms with E-state index in [1.165, 1.54) is 0 Å². The maximum absolute atomic E-state index is 5.68. The highest BCUT2D eigenvalue weighted by Crippen LogP contribution is 2.21. The zero-order valence-corrected chi connectivity index (χ0v) is 15.9. The summed E-state index contributed by atoms with van der Waals surface area (Å²) in [6.07, 6.45) is 0.0234. The van der Waals surface area contributed by atoms with Gasteiger partial charge < -0.3 is 24.4 Å². The summed E-state index contributed by atoms with van der Waals surface area (Å²) in [5, 5.41) is 8.60. The van der Waals surface area contributed by atoms with Crippen molar-refractivity contribution in [1.82, 2.24) is 14.9 Å². The summed E-state index contributed by atoms with van der Waals surface area (Å²) in [5.41, 5.74) is 3.41. The van der Waals surface area contributed by atoms with Crippen molar-refractivity contribution in [3.05, 3.63) is 11.6 Å². The second-order valence-electron chi connectivity index (χ2n) is 5.43. The molecule has 0 saturated heterocycles. The van der Waals surface area contributed by atoms with Crippen LogP contribution in [0.5, 0.6) is 0 Å². The van der Waals surface area contributed by atoms with E-state index in [-0.39, 0.29) is 24.5 Å². The van der Waals surface area contributed by atoms with E-state index in [1.54, 1.807) is 14.2 Å². The van der Waals surface area contributed by atoms with E-state index in [4.69, 9.17) is 18.9 Å². The highest BCUT2D eigenvalue weighted by atomic mass is 16.7. The van der Waals surface area contributed by atoms with Gasteiger partial charge in [0, 0.05) is 27.4 Å². The van der Waals surface area contributed by atoms with Crippen LogP contribution in [0.3, 0.4) is 0 Å². The molecule has 1 N–H and O–H groups in total. The predicted molar refractivity (Wildman–Crippen MR) is 91.3 cm³/mol. The largest absolute Gasteiger partial charge is 0.371 e. The van der Waals surface area contributed by atoms with Crippen LogP contribution in [0, 0.1) is 0 Å². The smallest absolute Gasteiger partial charge is 0.180 e. The number of hydrogen-bond donors (Lipinski definition) is 1. The van der Waals surface area contributed by atoms with Gasteiger partial charge >= 0.3 is 0 Å². The summed E-state index contributed by atoms with van der Waals surface area (Å²) in [4.78, 5) is 0. The Morgan fingerprint density at radius 3 is 1.71 bits per heavy atom. The van der Waals surface area contributed by atoms with Gasteiger partial charge in [0.05, 0.1) is 6.04 Å². The molecule has 0 radical (unpaired) electrons. The van der Waals surface area contributed by atoms with Crippen LogP contribution in [-0.2, 0) is 18.9 Å². The zero-order chi connectivity index (χ0) is 18.1. The average molecular weight is 344 g/mol. The van der Waals surface area contributed by atoms with E-state index in [0.29, 0.717) is 24.9 Å². The molecule has 0 saturated carbocycles. The molecule has 0 amide bonds. The Bertz CT molecular complexity index is 435. The van der Waals surface area contributed by atoms with Crippen LogP contribution in [0.4, 0.5) is 0 Å². The van der Waals surface area contributed by atoms with Crippen LogP contribution in [0.2, 0.25) is 0 Å². The molecule has 1 aromatic rings. The molecule has 1 rings (SSSR count). The fourth-order valence-corrected chi connectivity index (χ4v) is 2.55. The molecule has 0 bridgehead atoms. The van der Waals surface area contributed by atoms with Crippen molar-refractivity contribution in [3.8, 4) is 0 Å². The Balaban J connectivity index is 3.16. The fraction of sp³-hybridized carbons (Fsp3) is 0.875. The molecule has 1 unspecified atom stereocenters. The van der Waals surface area contributed by atoms with Gasteiger partial charge in [-0.05, 0) is 34.1 Å². The molecule has 0 spiro atoms. The van der Waals surface area contributed by atoms with Crippen molar-refractivity contribution in [1.29, 1.82) is 0 Å². The summed E-state index contributed by atoms with van der Waals surface area (Å²) in [6, 6.07) is -0.0730. The van der Waals surface area contributed by atoms with Gasteiger partial charge in [0.2, 0.25) is 0 Å². The fourth-order valence-electron chi connectivity index (χ4n) is 2.55.